The van der Waals surface area contributed by atoms with Crippen molar-refractivity contribution in [3.05, 3.63) is 59.7 Å². The van der Waals surface area contributed by atoms with E-state index in [1.165, 1.54) is 24.3 Å². The maximum absolute atomic E-state index is 13.6. The molecule has 2 aromatic carbocycles. The van der Waals surface area contributed by atoms with E-state index in [2.05, 4.69) is 10.6 Å². The van der Waals surface area contributed by atoms with Gasteiger partial charge in [0.25, 0.3) is 0 Å². The molecule has 0 aliphatic carbocycles. The number of nitrogens with one attached hydrogen (secondary N) is 2. The van der Waals surface area contributed by atoms with Crippen LogP contribution in [0.4, 0.5) is 23.2 Å². The minimum Gasteiger partial charge on any atom is -0.494 e. The van der Waals surface area contributed by atoms with Crippen LogP contribution < -0.4 is 15.4 Å². The highest BCUT2D eigenvalue weighted by atomic mass is 19.2. The number of amides is 2. The summed E-state index contributed by atoms with van der Waals surface area (Å²) in [7, 11) is 1.72. The number of halogens is 4. The molecule has 6 nitrogen and oxygen atoms in total. The molecule has 31 heavy (non-hydrogen) atoms. The monoisotopic (exact) mass is 441 g/mol. The number of carbonyl (C=O) groups excluding carboxylic acids is 2. The zero-order valence-electron chi connectivity index (χ0n) is 17.1. The Balaban J connectivity index is 1.71. The molecule has 0 aromatic heterocycles. The lowest BCUT2D eigenvalue weighted by Crippen LogP contribution is -2.45. The van der Waals surface area contributed by atoms with Gasteiger partial charge in [0.2, 0.25) is 11.8 Å². The van der Waals surface area contributed by atoms with Crippen LogP contribution in [0.25, 0.3) is 0 Å². The standard InChI is InChI=1S/C21H23F4N3O3/c1-13(28(2)10-3-11-31-15-6-4-14(22)5-7-15)21(30)26-12-18(29)27-17-9-8-16(23)19(24)20(17)25/h4-9,13H,3,10-12H2,1-2H3,(H,26,30)(H,27,29). The van der Waals surface area contributed by atoms with E-state index in [1.54, 1.807) is 18.9 Å². The number of anilines is 1. The van der Waals surface area contributed by atoms with E-state index < -0.39 is 47.5 Å². The number of rotatable bonds is 10. The maximum Gasteiger partial charge on any atom is 0.243 e. The molecule has 0 heterocycles. The third-order valence-electron chi connectivity index (χ3n) is 4.51. The van der Waals surface area contributed by atoms with E-state index in [0.717, 1.165) is 6.07 Å². The summed E-state index contributed by atoms with van der Waals surface area (Å²) in [5, 5.41) is 4.47. The third-order valence-corrected chi connectivity index (χ3v) is 4.51. The van der Waals surface area contributed by atoms with Gasteiger partial charge in [-0.25, -0.2) is 17.6 Å². The van der Waals surface area contributed by atoms with E-state index in [-0.39, 0.29) is 5.82 Å². The molecule has 0 saturated carbocycles. The predicted octanol–water partition coefficient (Wildman–Crippen LogP) is 3.09. The van der Waals surface area contributed by atoms with Crippen LogP contribution in [0.2, 0.25) is 0 Å². The summed E-state index contributed by atoms with van der Waals surface area (Å²) < 4.78 is 58.0. The van der Waals surface area contributed by atoms with E-state index in [1.807, 2.05) is 0 Å². The molecular formula is C21H23F4N3O3. The molecule has 0 spiro atoms. The fourth-order valence-electron chi connectivity index (χ4n) is 2.56. The second-order valence-electron chi connectivity index (χ2n) is 6.80. The Bertz CT molecular complexity index is 909. The molecule has 2 aromatic rings. The summed E-state index contributed by atoms with van der Waals surface area (Å²) in [6.45, 7) is 2.06. The van der Waals surface area contributed by atoms with Gasteiger partial charge in [-0.05, 0) is 56.8 Å². The lowest BCUT2D eigenvalue weighted by Gasteiger charge is -2.23. The van der Waals surface area contributed by atoms with Gasteiger partial charge >= 0.3 is 0 Å². The fraction of sp³-hybridized carbons (Fsp3) is 0.333. The molecule has 0 aliphatic heterocycles. The molecule has 0 radical (unpaired) electrons. The summed E-state index contributed by atoms with van der Waals surface area (Å²) >= 11 is 0. The van der Waals surface area contributed by atoms with Crippen LogP contribution in [0.3, 0.4) is 0 Å². The van der Waals surface area contributed by atoms with Crippen molar-refractivity contribution in [3.63, 3.8) is 0 Å². The number of benzene rings is 2. The third kappa shape index (κ3) is 7.25. The van der Waals surface area contributed by atoms with Gasteiger partial charge in [0, 0.05) is 6.54 Å². The van der Waals surface area contributed by atoms with Crippen LogP contribution >= 0.6 is 0 Å². The Labute approximate surface area is 177 Å². The van der Waals surface area contributed by atoms with E-state index in [0.29, 0.717) is 31.4 Å². The van der Waals surface area contributed by atoms with Gasteiger partial charge in [-0.2, -0.15) is 0 Å². The Hall–Kier alpha value is -3.14. The predicted molar refractivity (Wildman–Crippen MR) is 107 cm³/mol. The van der Waals surface area contributed by atoms with Gasteiger partial charge < -0.3 is 15.4 Å². The number of carbonyl (C=O) groups is 2. The first-order valence-corrected chi connectivity index (χ1v) is 9.48. The first-order chi connectivity index (χ1) is 14.7. The van der Waals surface area contributed by atoms with Gasteiger partial charge in [-0.15, -0.1) is 0 Å². The Kier molecular flexibility index (Phi) is 8.80. The van der Waals surface area contributed by atoms with Gasteiger partial charge in [0.1, 0.15) is 11.6 Å². The fourth-order valence-corrected chi connectivity index (χ4v) is 2.56. The zero-order chi connectivity index (χ0) is 23.0. The van der Waals surface area contributed by atoms with Gasteiger partial charge in [0.15, 0.2) is 17.5 Å². The van der Waals surface area contributed by atoms with Crippen LogP contribution in [0.5, 0.6) is 5.75 Å². The highest BCUT2D eigenvalue weighted by Crippen LogP contribution is 2.19. The highest BCUT2D eigenvalue weighted by molar-refractivity contribution is 5.95. The molecule has 2 amide bonds. The second kappa shape index (κ2) is 11.3. The summed E-state index contributed by atoms with van der Waals surface area (Å²) in [4.78, 5) is 25.8. The highest BCUT2D eigenvalue weighted by Gasteiger charge is 2.19. The summed E-state index contributed by atoms with van der Waals surface area (Å²) in [6.07, 6.45) is 0.599. The molecule has 2 N–H and O–H groups in total. The molecule has 2 rings (SSSR count). The summed E-state index contributed by atoms with van der Waals surface area (Å²) in [5.41, 5.74) is -0.524. The average Bonchev–Trinajstić information content (AvgIpc) is 2.76. The number of likely N-dealkylation sites (N-methyl/N-ethyl adjacent to an activating group) is 1. The van der Waals surface area contributed by atoms with Crippen molar-refractivity contribution in [3.8, 4) is 5.75 Å². The normalized spacial score (nSPS) is 11.8. The van der Waals surface area contributed by atoms with Crippen molar-refractivity contribution >= 4 is 17.5 Å². The lowest BCUT2D eigenvalue weighted by atomic mass is 10.2. The maximum atomic E-state index is 13.6. The van der Waals surface area contributed by atoms with Crippen molar-refractivity contribution in [1.29, 1.82) is 0 Å². The van der Waals surface area contributed by atoms with Crippen LogP contribution in [-0.4, -0.2) is 49.5 Å². The van der Waals surface area contributed by atoms with Crippen LogP contribution in [0.1, 0.15) is 13.3 Å². The van der Waals surface area contributed by atoms with E-state index in [9.17, 15) is 27.2 Å². The topological polar surface area (TPSA) is 70.7 Å². The average molecular weight is 441 g/mol. The largest absolute Gasteiger partial charge is 0.494 e. The first kappa shape index (κ1) is 24.1. The molecule has 0 fully saturated rings. The number of hydrogen-bond acceptors (Lipinski definition) is 4. The van der Waals surface area contributed by atoms with Crippen molar-refractivity contribution < 1.29 is 31.9 Å². The summed E-state index contributed by atoms with van der Waals surface area (Å²) in [5.74, 6) is -5.63. The first-order valence-electron chi connectivity index (χ1n) is 9.48. The Morgan fingerprint density at radius 2 is 1.71 bits per heavy atom. The van der Waals surface area contributed by atoms with Crippen LogP contribution in [0.15, 0.2) is 36.4 Å². The van der Waals surface area contributed by atoms with Gasteiger partial charge in [-0.3, -0.25) is 14.5 Å². The molecule has 1 unspecified atom stereocenters. The number of nitrogens with zero attached hydrogens (tertiary/aromatic N) is 1. The molecule has 1 atom stereocenters. The van der Waals surface area contributed by atoms with Crippen molar-refractivity contribution in [2.24, 2.45) is 0 Å². The molecule has 0 bridgehead atoms. The second-order valence-corrected chi connectivity index (χ2v) is 6.80. The van der Waals surface area contributed by atoms with Crippen LogP contribution in [0, 0.1) is 23.3 Å². The van der Waals surface area contributed by atoms with Crippen molar-refractivity contribution in [2.45, 2.75) is 19.4 Å². The van der Waals surface area contributed by atoms with Gasteiger partial charge in [0.05, 0.1) is 24.9 Å². The Morgan fingerprint density at radius 1 is 1.03 bits per heavy atom. The molecule has 0 saturated heterocycles. The van der Waals surface area contributed by atoms with Crippen LogP contribution in [-0.2, 0) is 9.59 Å². The molecule has 168 valence electrons. The summed E-state index contributed by atoms with van der Waals surface area (Å²) in [6, 6.07) is 6.63. The van der Waals surface area contributed by atoms with Gasteiger partial charge in [-0.1, -0.05) is 0 Å². The van der Waals surface area contributed by atoms with E-state index >= 15 is 0 Å². The minimum atomic E-state index is -1.69. The quantitative estimate of drug-likeness (QED) is 0.338. The zero-order valence-corrected chi connectivity index (χ0v) is 17.1. The smallest absolute Gasteiger partial charge is 0.243 e. The lowest BCUT2D eigenvalue weighted by molar-refractivity contribution is -0.127. The molecule has 0 aliphatic rings. The van der Waals surface area contributed by atoms with Crippen molar-refractivity contribution in [2.75, 3.05) is 32.1 Å². The minimum absolute atomic E-state index is 0.351. The number of ether oxygens (including phenoxy) is 1. The van der Waals surface area contributed by atoms with E-state index in [4.69, 9.17) is 4.74 Å². The SMILES string of the molecule is CC(C(=O)NCC(=O)Nc1ccc(F)c(F)c1F)N(C)CCCOc1ccc(F)cc1. The number of hydrogen-bond donors (Lipinski definition) is 2. The molecular weight excluding hydrogens is 418 g/mol. The van der Waals surface area contributed by atoms with Crippen molar-refractivity contribution in [1.82, 2.24) is 10.2 Å². The Morgan fingerprint density at radius 3 is 2.39 bits per heavy atom. The molecule has 10 heteroatoms.